The Balaban J connectivity index is 2.36. The van der Waals surface area contributed by atoms with Crippen LogP contribution in [0.15, 0.2) is 29.2 Å². The number of amides is 1. The fourth-order valence-electron chi connectivity index (χ4n) is 1.55. The highest BCUT2D eigenvalue weighted by Crippen LogP contribution is 1.86. The van der Waals surface area contributed by atoms with Crippen LogP contribution in [0.25, 0.3) is 0 Å². The molecule has 0 radical (unpaired) electrons. The summed E-state index contributed by atoms with van der Waals surface area (Å²) in [7, 11) is 0. The zero-order valence-electron chi connectivity index (χ0n) is 11.1. The van der Waals surface area contributed by atoms with Crippen molar-refractivity contribution in [1.29, 1.82) is 0 Å². The molecule has 0 aliphatic rings. The Hall–Kier alpha value is -1.62. The molecule has 1 amide bonds. The highest BCUT2D eigenvalue weighted by molar-refractivity contribution is 5.81. The summed E-state index contributed by atoms with van der Waals surface area (Å²) in [5, 5.41) is 5.92. The Morgan fingerprint density at radius 3 is 2.67 bits per heavy atom. The smallest absolute Gasteiger partial charge is 0.250 e. The lowest BCUT2D eigenvalue weighted by Gasteiger charge is -2.16. The van der Waals surface area contributed by atoms with Crippen LogP contribution >= 0.6 is 0 Å². The summed E-state index contributed by atoms with van der Waals surface area (Å²) < 4.78 is 1.61. The summed E-state index contributed by atoms with van der Waals surface area (Å²) >= 11 is 0. The van der Waals surface area contributed by atoms with Crippen LogP contribution in [0.4, 0.5) is 0 Å². The first-order valence-electron chi connectivity index (χ1n) is 6.20. The van der Waals surface area contributed by atoms with E-state index in [1.807, 2.05) is 26.8 Å². The van der Waals surface area contributed by atoms with E-state index in [4.69, 9.17) is 0 Å². The molecular weight excluding hydrogens is 230 g/mol. The van der Waals surface area contributed by atoms with Crippen LogP contribution in [0.5, 0.6) is 0 Å². The lowest BCUT2D eigenvalue weighted by molar-refractivity contribution is -0.123. The average Bonchev–Trinajstić information content (AvgIpc) is 2.30. The molecule has 0 saturated heterocycles. The van der Waals surface area contributed by atoms with Crippen molar-refractivity contribution in [3.8, 4) is 0 Å². The van der Waals surface area contributed by atoms with E-state index in [9.17, 15) is 9.59 Å². The Kier molecular flexibility index (Phi) is 5.58. The van der Waals surface area contributed by atoms with Gasteiger partial charge in [0.15, 0.2) is 0 Å². The molecule has 0 bridgehead atoms. The lowest BCUT2D eigenvalue weighted by atomic mass is 10.3. The topological polar surface area (TPSA) is 63.1 Å². The number of nitrogens with one attached hydrogen (secondary N) is 2. The molecule has 2 N–H and O–H groups in total. The van der Waals surface area contributed by atoms with E-state index in [2.05, 4.69) is 10.6 Å². The van der Waals surface area contributed by atoms with Crippen LogP contribution in [0.3, 0.4) is 0 Å². The average molecular weight is 251 g/mol. The number of hydrogen-bond acceptors (Lipinski definition) is 3. The van der Waals surface area contributed by atoms with E-state index < -0.39 is 0 Å². The van der Waals surface area contributed by atoms with Gasteiger partial charge in [0.2, 0.25) is 5.91 Å². The van der Waals surface area contributed by atoms with Gasteiger partial charge < -0.3 is 15.2 Å². The van der Waals surface area contributed by atoms with E-state index >= 15 is 0 Å². The number of pyridine rings is 1. The Bertz CT molecular complexity index is 440. The summed E-state index contributed by atoms with van der Waals surface area (Å²) in [6, 6.07) is 4.93. The van der Waals surface area contributed by atoms with Gasteiger partial charge in [-0.2, -0.15) is 0 Å². The standard InChI is InChI=1S/C13H21N3O2/c1-10(2)15-13(18)11(3)14-7-9-16-8-5-4-6-12(16)17/h4-6,8,10-11,14H,7,9H2,1-3H3,(H,15,18). The van der Waals surface area contributed by atoms with Crippen LogP contribution < -0.4 is 16.2 Å². The highest BCUT2D eigenvalue weighted by Gasteiger charge is 2.12. The van der Waals surface area contributed by atoms with Crippen LogP contribution in [0, 0.1) is 0 Å². The number of aromatic nitrogens is 1. The fraction of sp³-hybridized carbons (Fsp3) is 0.538. The molecule has 0 fully saturated rings. The normalized spacial score (nSPS) is 12.4. The molecule has 0 spiro atoms. The maximum absolute atomic E-state index is 11.6. The first-order chi connectivity index (χ1) is 8.50. The number of rotatable bonds is 6. The summed E-state index contributed by atoms with van der Waals surface area (Å²) in [5.74, 6) is -0.0228. The number of carbonyl (C=O) groups is 1. The van der Waals surface area contributed by atoms with Crippen molar-refractivity contribution in [2.45, 2.75) is 39.4 Å². The minimum absolute atomic E-state index is 0.0228. The van der Waals surface area contributed by atoms with Crippen LogP contribution in [-0.2, 0) is 11.3 Å². The maximum Gasteiger partial charge on any atom is 0.250 e. The number of carbonyl (C=O) groups excluding carboxylic acids is 1. The van der Waals surface area contributed by atoms with E-state index in [1.165, 1.54) is 6.07 Å². The van der Waals surface area contributed by atoms with Crippen molar-refractivity contribution < 1.29 is 4.79 Å². The van der Waals surface area contributed by atoms with Gasteiger partial charge in [-0.15, -0.1) is 0 Å². The molecule has 1 aromatic heterocycles. The molecule has 1 heterocycles. The van der Waals surface area contributed by atoms with Crippen molar-refractivity contribution in [1.82, 2.24) is 15.2 Å². The van der Waals surface area contributed by atoms with Gasteiger partial charge in [-0.3, -0.25) is 9.59 Å². The summed E-state index contributed by atoms with van der Waals surface area (Å²) in [6.45, 7) is 6.79. The van der Waals surface area contributed by atoms with E-state index in [0.717, 1.165) is 0 Å². The molecule has 5 heteroatoms. The van der Waals surface area contributed by atoms with Crippen molar-refractivity contribution in [3.05, 3.63) is 34.7 Å². The second-order valence-electron chi connectivity index (χ2n) is 4.57. The molecule has 5 nitrogen and oxygen atoms in total. The van der Waals surface area contributed by atoms with Crippen molar-refractivity contribution in [2.24, 2.45) is 0 Å². The van der Waals surface area contributed by atoms with E-state index in [-0.39, 0.29) is 23.6 Å². The monoisotopic (exact) mass is 251 g/mol. The van der Waals surface area contributed by atoms with E-state index in [0.29, 0.717) is 13.1 Å². The molecular formula is C13H21N3O2. The molecule has 0 aliphatic carbocycles. The molecule has 0 aliphatic heterocycles. The van der Waals surface area contributed by atoms with Crippen LogP contribution in [-0.4, -0.2) is 29.1 Å². The number of nitrogens with zero attached hydrogens (tertiary/aromatic N) is 1. The van der Waals surface area contributed by atoms with Gasteiger partial charge in [0.1, 0.15) is 0 Å². The Labute approximate surface area is 107 Å². The van der Waals surface area contributed by atoms with E-state index in [1.54, 1.807) is 16.8 Å². The van der Waals surface area contributed by atoms with Gasteiger partial charge in [-0.1, -0.05) is 6.07 Å². The third-order valence-corrected chi connectivity index (χ3v) is 2.53. The summed E-state index contributed by atoms with van der Waals surface area (Å²) in [4.78, 5) is 23.1. The van der Waals surface area contributed by atoms with Gasteiger partial charge in [0.25, 0.3) is 5.56 Å². The lowest BCUT2D eigenvalue weighted by Crippen LogP contribution is -2.45. The predicted molar refractivity (Wildman–Crippen MR) is 71.4 cm³/mol. The van der Waals surface area contributed by atoms with Gasteiger partial charge in [-0.05, 0) is 26.8 Å². The Morgan fingerprint density at radius 1 is 1.33 bits per heavy atom. The van der Waals surface area contributed by atoms with Gasteiger partial charge in [-0.25, -0.2) is 0 Å². The molecule has 0 saturated carbocycles. The largest absolute Gasteiger partial charge is 0.353 e. The quantitative estimate of drug-likeness (QED) is 0.767. The third-order valence-electron chi connectivity index (χ3n) is 2.53. The second-order valence-corrected chi connectivity index (χ2v) is 4.57. The molecule has 1 unspecified atom stereocenters. The maximum atomic E-state index is 11.6. The number of hydrogen-bond donors (Lipinski definition) is 2. The molecule has 1 atom stereocenters. The molecule has 0 aromatic carbocycles. The fourth-order valence-corrected chi connectivity index (χ4v) is 1.55. The zero-order chi connectivity index (χ0) is 13.5. The molecule has 1 rings (SSSR count). The third kappa shape index (κ3) is 4.71. The SMILES string of the molecule is CC(C)NC(=O)C(C)NCCn1ccccc1=O. The highest BCUT2D eigenvalue weighted by atomic mass is 16.2. The minimum atomic E-state index is -0.258. The first kappa shape index (κ1) is 14.4. The van der Waals surface area contributed by atoms with Gasteiger partial charge in [0, 0.05) is 31.4 Å². The zero-order valence-corrected chi connectivity index (χ0v) is 11.1. The van der Waals surface area contributed by atoms with Gasteiger partial charge >= 0.3 is 0 Å². The van der Waals surface area contributed by atoms with Crippen molar-refractivity contribution >= 4 is 5.91 Å². The summed E-state index contributed by atoms with van der Waals surface area (Å²) in [5.41, 5.74) is -0.0291. The molecule has 1 aromatic rings. The van der Waals surface area contributed by atoms with Crippen molar-refractivity contribution in [3.63, 3.8) is 0 Å². The minimum Gasteiger partial charge on any atom is -0.353 e. The Morgan fingerprint density at radius 2 is 2.06 bits per heavy atom. The van der Waals surface area contributed by atoms with Crippen LogP contribution in [0.1, 0.15) is 20.8 Å². The van der Waals surface area contributed by atoms with Crippen LogP contribution in [0.2, 0.25) is 0 Å². The second kappa shape index (κ2) is 6.96. The molecule has 100 valence electrons. The van der Waals surface area contributed by atoms with Gasteiger partial charge in [0.05, 0.1) is 6.04 Å². The molecule has 18 heavy (non-hydrogen) atoms. The predicted octanol–water partition coefficient (Wildman–Crippen LogP) is 0.351. The summed E-state index contributed by atoms with van der Waals surface area (Å²) in [6.07, 6.45) is 1.74. The first-order valence-corrected chi connectivity index (χ1v) is 6.20. The van der Waals surface area contributed by atoms with Crippen molar-refractivity contribution in [2.75, 3.05) is 6.54 Å².